The summed E-state index contributed by atoms with van der Waals surface area (Å²) >= 11 is 3.09. The molecule has 0 bridgehead atoms. The van der Waals surface area contributed by atoms with Gasteiger partial charge in [0.2, 0.25) is 5.12 Å². The Morgan fingerprint density at radius 2 is 1.83 bits per heavy atom. The lowest BCUT2D eigenvalue weighted by molar-refractivity contribution is -0.106. The third kappa shape index (κ3) is 1.84. The fourth-order valence-electron chi connectivity index (χ4n) is 1.99. The van der Waals surface area contributed by atoms with E-state index in [0.717, 1.165) is 15.0 Å². The molecule has 0 unspecified atom stereocenters. The molecule has 0 spiro atoms. The third-order valence-corrected chi connectivity index (χ3v) is 5.76. The fraction of sp³-hybridized carbons (Fsp3) is 0.133. The molecule has 0 N–H and O–H groups in total. The minimum absolute atomic E-state index is 0.200. The Labute approximate surface area is 114 Å². The Bertz CT molecular complexity index is 739. The molecule has 2 aromatic rings. The molecule has 3 rings (SSSR count). The average molecular weight is 272 g/mol. The van der Waals surface area contributed by atoms with Gasteiger partial charge in [-0.05, 0) is 42.8 Å². The van der Waals surface area contributed by atoms with Crippen LogP contribution in [0.3, 0.4) is 0 Å². The van der Waals surface area contributed by atoms with Crippen molar-refractivity contribution in [2.75, 3.05) is 0 Å². The van der Waals surface area contributed by atoms with Gasteiger partial charge in [-0.3, -0.25) is 4.79 Å². The van der Waals surface area contributed by atoms with E-state index in [1.54, 1.807) is 11.3 Å². The zero-order chi connectivity index (χ0) is 12.7. The smallest absolute Gasteiger partial charge is 0.221 e. The monoisotopic (exact) mass is 272 g/mol. The van der Waals surface area contributed by atoms with E-state index in [9.17, 15) is 4.79 Å². The summed E-state index contributed by atoms with van der Waals surface area (Å²) in [4.78, 5) is 12.8. The molecule has 0 atom stereocenters. The van der Waals surface area contributed by atoms with Crippen molar-refractivity contribution in [3.63, 3.8) is 0 Å². The van der Waals surface area contributed by atoms with Crippen LogP contribution in [-0.2, 0) is 4.79 Å². The normalized spacial score (nSPS) is 15.3. The van der Waals surface area contributed by atoms with Crippen LogP contribution in [0.25, 0.3) is 11.6 Å². The molecule has 18 heavy (non-hydrogen) atoms. The van der Waals surface area contributed by atoms with E-state index >= 15 is 0 Å². The second-order valence-corrected chi connectivity index (χ2v) is 6.35. The van der Waals surface area contributed by atoms with Crippen LogP contribution in [0.15, 0.2) is 35.2 Å². The lowest BCUT2D eigenvalue weighted by atomic mass is 10.2. The molecule has 0 radical (unpaired) electrons. The number of benzene rings is 1. The van der Waals surface area contributed by atoms with Crippen LogP contribution in [0.4, 0.5) is 0 Å². The molecule has 1 nitrogen and oxygen atoms in total. The summed E-state index contributed by atoms with van der Waals surface area (Å²) in [7, 11) is 0. The lowest BCUT2D eigenvalue weighted by Crippen LogP contribution is -1.99. The van der Waals surface area contributed by atoms with Crippen molar-refractivity contribution in [2.45, 2.75) is 18.7 Å². The number of thioether (sulfide) groups is 1. The predicted octanol–water partition coefficient (Wildman–Crippen LogP) is 2.69. The summed E-state index contributed by atoms with van der Waals surface area (Å²) in [5, 5.41) is 0.200. The Hall–Kier alpha value is -1.32. The van der Waals surface area contributed by atoms with Crippen LogP contribution in [0.1, 0.15) is 18.1 Å². The highest BCUT2D eigenvalue weighted by Crippen LogP contribution is 2.28. The number of hydrogen-bond donors (Lipinski definition) is 0. The molecule has 1 aliphatic rings. The maximum absolute atomic E-state index is 11.6. The van der Waals surface area contributed by atoms with Gasteiger partial charge in [-0.25, -0.2) is 0 Å². The molecule has 3 heteroatoms. The van der Waals surface area contributed by atoms with E-state index < -0.39 is 0 Å². The number of thiophene rings is 1. The molecular weight excluding hydrogens is 260 g/mol. The summed E-state index contributed by atoms with van der Waals surface area (Å²) < 4.78 is 2.41. The topological polar surface area (TPSA) is 17.1 Å². The van der Waals surface area contributed by atoms with Crippen molar-refractivity contribution in [1.29, 1.82) is 0 Å². The molecule has 2 heterocycles. The molecule has 1 aliphatic heterocycles. The largest absolute Gasteiger partial charge is 0.282 e. The predicted molar refractivity (Wildman–Crippen MR) is 78.3 cm³/mol. The molecule has 1 aromatic carbocycles. The van der Waals surface area contributed by atoms with Gasteiger partial charge < -0.3 is 0 Å². The molecule has 0 fully saturated rings. The average Bonchev–Trinajstić information content (AvgIpc) is 2.82. The van der Waals surface area contributed by atoms with E-state index in [2.05, 4.69) is 25.1 Å². The van der Waals surface area contributed by atoms with E-state index in [1.807, 2.05) is 25.1 Å². The van der Waals surface area contributed by atoms with E-state index in [4.69, 9.17) is 0 Å². The summed E-state index contributed by atoms with van der Waals surface area (Å²) in [6, 6.07) is 10.3. The summed E-state index contributed by atoms with van der Waals surface area (Å²) in [5.41, 5.74) is 3.33. The second-order valence-electron chi connectivity index (χ2n) is 4.32. The summed E-state index contributed by atoms with van der Waals surface area (Å²) in [6.07, 6.45) is 2.19. The fourth-order valence-corrected chi connectivity index (χ4v) is 4.48. The first kappa shape index (κ1) is 11.8. The van der Waals surface area contributed by atoms with Crippen molar-refractivity contribution in [3.05, 3.63) is 50.5 Å². The summed E-state index contributed by atoms with van der Waals surface area (Å²) in [6.45, 7) is 4.02. The summed E-state index contributed by atoms with van der Waals surface area (Å²) in [5.74, 6) is 0. The van der Waals surface area contributed by atoms with Crippen LogP contribution < -0.4 is 9.06 Å². The van der Waals surface area contributed by atoms with Gasteiger partial charge in [0, 0.05) is 19.5 Å². The highest BCUT2D eigenvalue weighted by Gasteiger charge is 2.22. The highest BCUT2D eigenvalue weighted by atomic mass is 32.2. The second kappa shape index (κ2) is 4.41. The van der Waals surface area contributed by atoms with Gasteiger partial charge in [0.15, 0.2) is 0 Å². The van der Waals surface area contributed by atoms with Crippen LogP contribution >= 0.6 is 23.1 Å². The van der Waals surface area contributed by atoms with Crippen LogP contribution in [0, 0.1) is 6.92 Å². The first-order chi connectivity index (χ1) is 8.66. The Morgan fingerprint density at radius 1 is 1.11 bits per heavy atom. The number of carbonyl (C=O) groups excluding carboxylic acids is 1. The lowest BCUT2D eigenvalue weighted by Gasteiger charge is -1.93. The quantitative estimate of drug-likeness (QED) is 0.794. The van der Waals surface area contributed by atoms with E-state index in [1.165, 1.54) is 27.4 Å². The van der Waals surface area contributed by atoms with E-state index in [0.29, 0.717) is 0 Å². The molecule has 0 saturated heterocycles. The Kier molecular flexibility index (Phi) is 2.88. The molecule has 0 saturated carbocycles. The first-order valence-electron chi connectivity index (χ1n) is 5.76. The minimum atomic E-state index is 0.200. The first-order valence-corrected chi connectivity index (χ1v) is 7.39. The van der Waals surface area contributed by atoms with Gasteiger partial charge >= 0.3 is 0 Å². The molecule has 1 aromatic heterocycles. The number of rotatable bonds is 1. The van der Waals surface area contributed by atoms with Crippen LogP contribution in [-0.4, -0.2) is 5.12 Å². The van der Waals surface area contributed by atoms with Gasteiger partial charge in [0.05, 0.1) is 0 Å². The van der Waals surface area contributed by atoms with Crippen molar-refractivity contribution < 1.29 is 4.79 Å². The zero-order valence-corrected chi connectivity index (χ0v) is 11.8. The van der Waals surface area contributed by atoms with E-state index in [-0.39, 0.29) is 5.12 Å². The van der Waals surface area contributed by atoms with Crippen molar-refractivity contribution in [1.82, 2.24) is 0 Å². The van der Waals surface area contributed by atoms with Gasteiger partial charge in [0.25, 0.3) is 0 Å². The highest BCUT2D eigenvalue weighted by molar-refractivity contribution is 8.15. The Balaban J connectivity index is 2.23. The van der Waals surface area contributed by atoms with Crippen LogP contribution in [0.5, 0.6) is 0 Å². The zero-order valence-electron chi connectivity index (χ0n) is 10.2. The van der Waals surface area contributed by atoms with Gasteiger partial charge in [0.1, 0.15) is 0 Å². The molecule has 90 valence electrons. The van der Waals surface area contributed by atoms with Crippen molar-refractivity contribution >= 4 is 39.9 Å². The molecule has 0 amide bonds. The standard InChI is InChI=1S/C15H12OS2/c1-9-12(8-11-6-4-3-5-7-11)17-14-10(2)15(16)18-13(9)14/h3-8H,1-2H3. The Morgan fingerprint density at radius 3 is 2.50 bits per heavy atom. The number of carbonyl (C=O) groups is 1. The maximum Gasteiger partial charge on any atom is 0.221 e. The molecular formula is C15H12OS2. The number of hydrogen-bond acceptors (Lipinski definition) is 3. The molecule has 0 aliphatic carbocycles. The van der Waals surface area contributed by atoms with Gasteiger partial charge in [-0.1, -0.05) is 30.3 Å². The van der Waals surface area contributed by atoms with Crippen molar-refractivity contribution in [3.8, 4) is 0 Å². The van der Waals surface area contributed by atoms with Crippen LogP contribution in [0.2, 0.25) is 0 Å². The minimum Gasteiger partial charge on any atom is -0.282 e. The SMILES string of the molecule is CC1=c2sc(=Cc3ccccc3)c(C)c2SC1=O. The third-order valence-electron chi connectivity index (χ3n) is 3.07. The van der Waals surface area contributed by atoms with Gasteiger partial charge in [-0.2, -0.15) is 0 Å². The van der Waals surface area contributed by atoms with Crippen molar-refractivity contribution in [2.24, 2.45) is 0 Å². The maximum atomic E-state index is 11.6. The van der Waals surface area contributed by atoms with Gasteiger partial charge in [-0.15, -0.1) is 11.3 Å². The number of fused-ring (bicyclic) bond motifs is 1.